The molecule has 0 saturated heterocycles. The Hall–Kier alpha value is -2.68. The van der Waals surface area contributed by atoms with Crippen LogP contribution in [0.2, 0.25) is 0 Å². The maximum atomic E-state index is 11.7. The highest BCUT2D eigenvalue weighted by Crippen LogP contribution is 2.27. The molecule has 3 heteroatoms. The molecular formula is C20H20N2O. The molecule has 0 atom stereocenters. The Balaban J connectivity index is 1.83. The van der Waals surface area contributed by atoms with E-state index in [1.54, 1.807) is 19.0 Å². The number of hydrogen-bond acceptors (Lipinski definition) is 2. The van der Waals surface area contributed by atoms with Crippen molar-refractivity contribution in [3.8, 4) is 11.1 Å². The molecule has 0 fully saturated rings. The summed E-state index contributed by atoms with van der Waals surface area (Å²) < 4.78 is 0. The van der Waals surface area contributed by atoms with Gasteiger partial charge in [-0.1, -0.05) is 48.5 Å². The summed E-state index contributed by atoms with van der Waals surface area (Å²) in [6.07, 6.45) is 5.11. The van der Waals surface area contributed by atoms with Crippen LogP contribution in [0.1, 0.15) is 12.0 Å². The standard InChI is InChI=1S/C20H20N2O/c1-22(2)20(23)12-9-15-7-10-16(11-8-15)19-14-21-13-17-5-3-4-6-18(17)19/h3-8,10-11,13-14H,9,12H2,1-2H3. The van der Waals surface area contributed by atoms with E-state index in [0.717, 1.165) is 22.9 Å². The minimum atomic E-state index is 0.160. The molecule has 0 N–H and O–H groups in total. The number of aryl methyl sites for hydroxylation is 1. The highest BCUT2D eigenvalue weighted by Gasteiger charge is 2.06. The lowest BCUT2D eigenvalue weighted by Gasteiger charge is -2.10. The summed E-state index contributed by atoms with van der Waals surface area (Å²) in [4.78, 5) is 17.6. The van der Waals surface area contributed by atoms with Gasteiger partial charge in [0.2, 0.25) is 5.91 Å². The largest absolute Gasteiger partial charge is 0.349 e. The highest BCUT2D eigenvalue weighted by atomic mass is 16.2. The molecule has 0 unspecified atom stereocenters. The van der Waals surface area contributed by atoms with Crippen LogP contribution >= 0.6 is 0 Å². The van der Waals surface area contributed by atoms with Crippen LogP contribution in [0.15, 0.2) is 60.9 Å². The van der Waals surface area contributed by atoms with Gasteiger partial charge < -0.3 is 4.90 Å². The van der Waals surface area contributed by atoms with Crippen molar-refractivity contribution in [3.63, 3.8) is 0 Å². The van der Waals surface area contributed by atoms with Gasteiger partial charge in [-0.2, -0.15) is 0 Å². The Labute approximate surface area is 136 Å². The van der Waals surface area contributed by atoms with Gasteiger partial charge in [-0.05, 0) is 22.9 Å². The van der Waals surface area contributed by atoms with Gasteiger partial charge in [0, 0.05) is 43.9 Å². The summed E-state index contributed by atoms with van der Waals surface area (Å²) in [5.74, 6) is 0.160. The minimum absolute atomic E-state index is 0.160. The smallest absolute Gasteiger partial charge is 0.222 e. The fourth-order valence-corrected chi connectivity index (χ4v) is 2.67. The number of carbonyl (C=O) groups excluding carboxylic acids is 1. The third-order valence-electron chi connectivity index (χ3n) is 4.06. The summed E-state index contributed by atoms with van der Waals surface area (Å²) in [6, 6.07) is 16.7. The van der Waals surface area contributed by atoms with Crippen molar-refractivity contribution >= 4 is 16.7 Å². The maximum Gasteiger partial charge on any atom is 0.222 e. The lowest BCUT2D eigenvalue weighted by molar-refractivity contribution is -0.128. The van der Waals surface area contributed by atoms with Gasteiger partial charge in [0.05, 0.1) is 0 Å². The van der Waals surface area contributed by atoms with Gasteiger partial charge >= 0.3 is 0 Å². The van der Waals surface area contributed by atoms with Gasteiger partial charge in [0.25, 0.3) is 0 Å². The fourth-order valence-electron chi connectivity index (χ4n) is 2.67. The first-order chi connectivity index (χ1) is 11.1. The molecule has 0 aliphatic heterocycles. The normalized spacial score (nSPS) is 10.7. The van der Waals surface area contributed by atoms with Crippen LogP contribution in [-0.2, 0) is 11.2 Å². The molecule has 23 heavy (non-hydrogen) atoms. The molecule has 0 spiro atoms. The van der Waals surface area contributed by atoms with E-state index in [1.165, 1.54) is 10.9 Å². The van der Waals surface area contributed by atoms with Crippen molar-refractivity contribution < 1.29 is 4.79 Å². The molecular weight excluding hydrogens is 284 g/mol. The number of pyridine rings is 1. The Morgan fingerprint density at radius 3 is 2.48 bits per heavy atom. The van der Waals surface area contributed by atoms with Gasteiger partial charge in [0.15, 0.2) is 0 Å². The predicted octanol–water partition coefficient (Wildman–Crippen LogP) is 3.92. The van der Waals surface area contributed by atoms with Crippen molar-refractivity contribution in [3.05, 3.63) is 66.5 Å². The lowest BCUT2D eigenvalue weighted by Crippen LogP contribution is -2.21. The van der Waals surface area contributed by atoms with Crippen molar-refractivity contribution in [1.29, 1.82) is 0 Å². The maximum absolute atomic E-state index is 11.7. The molecule has 3 aromatic rings. The second kappa shape index (κ2) is 6.61. The van der Waals surface area contributed by atoms with Crippen molar-refractivity contribution in [2.45, 2.75) is 12.8 Å². The number of fused-ring (bicyclic) bond motifs is 1. The summed E-state index contributed by atoms with van der Waals surface area (Å²) in [5, 5.41) is 2.35. The van der Waals surface area contributed by atoms with Crippen LogP contribution in [0.4, 0.5) is 0 Å². The number of nitrogens with zero attached hydrogens (tertiary/aromatic N) is 2. The first kappa shape index (κ1) is 15.2. The molecule has 0 aliphatic rings. The van der Waals surface area contributed by atoms with Crippen LogP contribution < -0.4 is 0 Å². The van der Waals surface area contributed by atoms with E-state index in [4.69, 9.17) is 0 Å². The molecule has 2 aromatic carbocycles. The molecule has 1 aromatic heterocycles. The Bertz CT molecular complexity index is 817. The van der Waals surface area contributed by atoms with Gasteiger partial charge in [0.1, 0.15) is 0 Å². The molecule has 0 aliphatic carbocycles. The van der Waals surface area contributed by atoms with Gasteiger partial charge in [-0.3, -0.25) is 9.78 Å². The molecule has 0 saturated carbocycles. The second-order valence-electron chi connectivity index (χ2n) is 5.89. The van der Waals surface area contributed by atoms with Gasteiger partial charge in [-0.15, -0.1) is 0 Å². The molecule has 0 bridgehead atoms. The van der Waals surface area contributed by atoms with Crippen molar-refractivity contribution in [1.82, 2.24) is 9.88 Å². The van der Waals surface area contributed by atoms with Gasteiger partial charge in [-0.25, -0.2) is 0 Å². The van der Waals surface area contributed by atoms with E-state index in [2.05, 4.69) is 41.4 Å². The van der Waals surface area contributed by atoms with Crippen LogP contribution in [0, 0.1) is 0 Å². The Morgan fingerprint density at radius 1 is 1.00 bits per heavy atom. The van der Waals surface area contributed by atoms with E-state index in [0.29, 0.717) is 6.42 Å². The Morgan fingerprint density at radius 2 is 1.74 bits per heavy atom. The average molecular weight is 304 g/mol. The quantitative estimate of drug-likeness (QED) is 0.732. The highest BCUT2D eigenvalue weighted by molar-refractivity contribution is 5.95. The van der Waals surface area contributed by atoms with E-state index < -0.39 is 0 Å². The van der Waals surface area contributed by atoms with E-state index in [1.807, 2.05) is 24.5 Å². The summed E-state index contributed by atoms with van der Waals surface area (Å²) in [7, 11) is 3.58. The molecule has 116 valence electrons. The zero-order valence-corrected chi connectivity index (χ0v) is 13.5. The van der Waals surface area contributed by atoms with E-state index in [-0.39, 0.29) is 5.91 Å². The molecule has 0 radical (unpaired) electrons. The number of amides is 1. The van der Waals surface area contributed by atoms with Crippen LogP contribution in [0.3, 0.4) is 0 Å². The SMILES string of the molecule is CN(C)C(=O)CCc1ccc(-c2cncc3ccccc23)cc1. The number of rotatable bonds is 4. The number of carbonyl (C=O) groups is 1. The number of aromatic nitrogens is 1. The fraction of sp³-hybridized carbons (Fsp3) is 0.200. The van der Waals surface area contributed by atoms with E-state index >= 15 is 0 Å². The summed E-state index contributed by atoms with van der Waals surface area (Å²) in [6.45, 7) is 0. The monoisotopic (exact) mass is 304 g/mol. The second-order valence-corrected chi connectivity index (χ2v) is 5.89. The van der Waals surface area contributed by atoms with E-state index in [9.17, 15) is 4.79 Å². The topological polar surface area (TPSA) is 33.2 Å². The third kappa shape index (κ3) is 3.39. The molecule has 1 heterocycles. The Kier molecular flexibility index (Phi) is 4.38. The summed E-state index contributed by atoms with van der Waals surface area (Å²) in [5.41, 5.74) is 3.47. The number of hydrogen-bond donors (Lipinski definition) is 0. The van der Waals surface area contributed by atoms with Crippen LogP contribution in [0.25, 0.3) is 21.9 Å². The van der Waals surface area contributed by atoms with Crippen molar-refractivity contribution in [2.24, 2.45) is 0 Å². The van der Waals surface area contributed by atoms with Crippen LogP contribution in [-0.4, -0.2) is 29.9 Å². The summed E-state index contributed by atoms with van der Waals surface area (Å²) >= 11 is 0. The molecule has 1 amide bonds. The first-order valence-electron chi connectivity index (χ1n) is 7.77. The average Bonchev–Trinajstić information content (AvgIpc) is 2.59. The molecule has 3 nitrogen and oxygen atoms in total. The zero-order chi connectivity index (χ0) is 16.2. The first-order valence-corrected chi connectivity index (χ1v) is 7.77. The minimum Gasteiger partial charge on any atom is -0.349 e. The molecule has 3 rings (SSSR count). The predicted molar refractivity (Wildman–Crippen MR) is 94.2 cm³/mol. The van der Waals surface area contributed by atoms with Crippen molar-refractivity contribution in [2.75, 3.05) is 14.1 Å². The third-order valence-corrected chi connectivity index (χ3v) is 4.06. The number of benzene rings is 2. The zero-order valence-electron chi connectivity index (χ0n) is 13.5. The lowest BCUT2D eigenvalue weighted by atomic mass is 9.99. The van der Waals surface area contributed by atoms with Crippen LogP contribution in [0.5, 0.6) is 0 Å².